The number of hydrogen-bond donors (Lipinski definition) is 3. The fourth-order valence-electron chi connectivity index (χ4n) is 4.36. The molecule has 3 aromatic rings. The summed E-state index contributed by atoms with van der Waals surface area (Å²) >= 11 is 0. The third-order valence-corrected chi connectivity index (χ3v) is 5.78. The molecule has 2 atom stereocenters. The Morgan fingerprint density at radius 1 is 1.30 bits per heavy atom. The van der Waals surface area contributed by atoms with Gasteiger partial charge in [0.15, 0.2) is 0 Å². The number of aliphatic hydroxyl groups is 1. The number of para-hydroxylation sites is 1. The smallest absolute Gasteiger partial charge is 0.134 e. The third kappa shape index (κ3) is 2.46. The highest BCUT2D eigenvalue weighted by atomic mass is 19.1. The number of fused-ring (bicyclic) bond motifs is 2. The van der Waals surface area contributed by atoms with Crippen molar-refractivity contribution in [3.8, 4) is 23.5 Å². The van der Waals surface area contributed by atoms with Crippen LogP contribution in [-0.4, -0.2) is 21.7 Å². The number of aryl methyl sites for hydroxylation is 1. The maximum absolute atomic E-state index is 15.3. The van der Waals surface area contributed by atoms with E-state index in [1.54, 1.807) is 0 Å². The normalized spacial score (nSPS) is 20.8. The molecule has 1 aromatic heterocycles. The van der Waals surface area contributed by atoms with Crippen molar-refractivity contribution in [1.82, 2.24) is 4.98 Å². The average Bonchev–Trinajstić information content (AvgIpc) is 3.00. The maximum Gasteiger partial charge on any atom is 0.134 e. The van der Waals surface area contributed by atoms with E-state index in [9.17, 15) is 5.11 Å². The second-order valence-electron chi connectivity index (χ2n) is 7.99. The lowest BCUT2D eigenvalue weighted by Crippen LogP contribution is -2.50. The van der Waals surface area contributed by atoms with E-state index in [0.717, 1.165) is 27.6 Å². The summed E-state index contributed by atoms with van der Waals surface area (Å²) in [6.07, 6.45) is 7.14. The molecule has 4 rings (SSSR count). The van der Waals surface area contributed by atoms with Crippen molar-refractivity contribution in [1.29, 1.82) is 0 Å². The Labute approximate surface area is 158 Å². The van der Waals surface area contributed by atoms with Gasteiger partial charge in [-0.1, -0.05) is 31.0 Å². The molecule has 0 radical (unpaired) electrons. The molecule has 0 aliphatic carbocycles. The van der Waals surface area contributed by atoms with Crippen molar-refractivity contribution >= 4 is 16.6 Å². The van der Waals surface area contributed by atoms with Gasteiger partial charge in [-0.15, -0.1) is 6.42 Å². The molecule has 2 unspecified atom stereocenters. The van der Waals surface area contributed by atoms with E-state index in [2.05, 4.69) is 16.2 Å². The molecule has 2 aromatic carbocycles. The summed E-state index contributed by atoms with van der Waals surface area (Å²) in [6, 6.07) is 7.31. The summed E-state index contributed by atoms with van der Waals surface area (Å²) in [5.74, 6) is 2.12. The van der Waals surface area contributed by atoms with Gasteiger partial charge in [-0.05, 0) is 38.0 Å². The highest BCUT2D eigenvalue weighted by molar-refractivity contribution is 5.98. The van der Waals surface area contributed by atoms with Crippen LogP contribution in [0.15, 0.2) is 30.5 Å². The Morgan fingerprint density at radius 2 is 2.04 bits per heavy atom. The van der Waals surface area contributed by atoms with Gasteiger partial charge < -0.3 is 15.4 Å². The van der Waals surface area contributed by atoms with E-state index in [0.29, 0.717) is 16.8 Å². The monoisotopic (exact) mass is 362 g/mol. The largest absolute Gasteiger partial charge is 0.390 e. The van der Waals surface area contributed by atoms with E-state index in [4.69, 9.17) is 6.42 Å². The van der Waals surface area contributed by atoms with Crippen LogP contribution in [0.4, 0.5) is 10.1 Å². The van der Waals surface area contributed by atoms with Gasteiger partial charge in [0.05, 0.1) is 17.2 Å². The predicted molar refractivity (Wildman–Crippen MR) is 108 cm³/mol. The molecule has 3 nitrogen and oxygen atoms in total. The van der Waals surface area contributed by atoms with E-state index in [-0.39, 0.29) is 11.7 Å². The van der Waals surface area contributed by atoms with Crippen molar-refractivity contribution in [3.63, 3.8) is 0 Å². The summed E-state index contributed by atoms with van der Waals surface area (Å²) in [5, 5.41) is 15.0. The molecule has 2 heterocycles. The van der Waals surface area contributed by atoms with Crippen molar-refractivity contribution in [2.45, 2.75) is 45.3 Å². The van der Waals surface area contributed by atoms with Crippen LogP contribution in [-0.2, 0) is 0 Å². The lowest BCUT2D eigenvalue weighted by molar-refractivity contribution is 0.0868. The highest BCUT2D eigenvalue weighted by Crippen LogP contribution is 2.45. The predicted octanol–water partition coefficient (Wildman–Crippen LogP) is 4.93. The molecule has 1 aliphatic heterocycles. The van der Waals surface area contributed by atoms with Gasteiger partial charge in [-0.3, -0.25) is 0 Å². The molecule has 0 bridgehead atoms. The fraction of sp³-hybridized carbons (Fsp3) is 0.304. The van der Waals surface area contributed by atoms with Gasteiger partial charge in [0, 0.05) is 39.9 Å². The number of aromatic nitrogens is 1. The number of aromatic amines is 1. The minimum Gasteiger partial charge on any atom is -0.390 e. The van der Waals surface area contributed by atoms with E-state index in [1.165, 1.54) is 6.07 Å². The van der Waals surface area contributed by atoms with Gasteiger partial charge in [0.25, 0.3) is 0 Å². The van der Waals surface area contributed by atoms with E-state index < -0.39 is 11.6 Å². The Morgan fingerprint density at radius 3 is 2.74 bits per heavy atom. The Kier molecular flexibility index (Phi) is 3.83. The van der Waals surface area contributed by atoms with Crippen LogP contribution >= 0.6 is 0 Å². The summed E-state index contributed by atoms with van der Waals surface area (Å²) in [7, 11) is 0. The first kappa shape index (κ1) is 17.6. The molecule has 4 heteroatoms. The lowest BCUT2D eigenvalue weighted by atomic mass is 9.76. The van der Waals surface area contributed by atoms with Crippen LogP contribution < -0.4 is 5.32 Å². The van der Waals surface area contributed by atoms with Crippen LogP contribution in [0.3, 0.4) is 0 Å². The molecule has 138 valence electrons. The zero-order valence-electron chi connectivity index (χ0n) is 15.9. The first-order chi connectivity index (χ1) is 12.8. The quantitative estimate of drug-likeness (QED) is 0.538. The Hall–Kier alpha value is -2.77. The number of hydrogen-bond acceptors (Lipinski definition) is 2. The van der Waals surface area contributed by atoms with Crippen LogP contribution in [0.2, 0.25) is 0 Å². The highest BCUT2D eigenvalue weighted by Gasteiger charge is 2.40. The summed E-state index contributed by atoms with van der Waals surface area (Å²) in [4.78, 5) is 3.25. The standard InChI is InChI=1S/C23H23FN2O/c1-6-14-19-13(3)22(27)23(4,5)26-18(19)10-17(24)20(14)16-9-7-8-15-12(2)11-25-21(15)16/h1,7-11,13,22,25-27H,2-5H3. The van der Waals surface area contributed by atoms with E-state index >= 15 is 4.39 Å². The number of terminal acetylenes is 1. The summed E-state index contributed by atoms with van der Waals surface area (Å²) < 4.78 is 15.3. The number of aliphatic hydroxyl groups excluding tert-OH is 1. The summed E-state index contributed by atoms with van der Waals surface area (Å²) in [6.45, 7) is 7.76. The number of rotatable bonds is 1. The third-order valence-electron chi connectivity index (χ3n) is 5.78. The number of nitrogens with one attached hydrogen (secondary N) is 2. The zero-order valence-corrected chi connectivity index (χ0v) is 15.9. The van der Waals surface area contributed by atoms with Gasteiger partial charge in [0.2, 0.25) is 0 Å². The number of anilines is 1. The molecular formula is C23H23FN2O. The van der Waals surface area contributed by atoms with Crippen molar-refractivity contribution in [2.24, 2.45) is 0 Å². The van der Waals surface area contributed by atoms with Crippen LogP contribution in [0.25, 0.3) is 22.0 Å². The average molecular weight is 362 g/mol. The van der Waals surface area contributed by atoms with Crippen LogP contribution in [0.1, 0.15) is 43.4 Å². The maximum atomic E-state index is 15.3. The van der Waals surface area contributed by atoms with Crippen LogP contribution in [0.5, 0.6) is 0 Å². The minimum absolute atomic E-state index is 0.216. The fourth-order valence-corrected chi connectivity index (χ4v) is 4.36. The van der Waals surface area contributed by atoms with E-state index in [1.807, 2.05) is 52.1 Å². The summed E-state index contributed by atoms with van der Waals surface area (Å²) in [5.41, 5.74) is 4.48. The first-order valence-electron chi connectivity index (χ1n) is 9.12. The molecule has 0 saturated heterocycles. The Bertz CT molecular complexity index is 1100. The van der Waals surface area contributed by atoms with Gasteiger partial charge in [0.1, 0.15) is 5.82 Å². The molecule has 0 saturated carbocycles. The van der Waals surface area contributed by atoms with Gasteiger partial charge in [-0.25, -0.2) is 4.39 Å². The number of halogens is 1. The Balaban J connectivity index is 2.06. The minimum atomic E-state index is -0.640. The number of benzene rings is 2. The van der Waals surface area contributed by atoms with Crippen molar-refractivity contribution in [2.75, 3.05) is 5.32 Å². The molecule has 3 N–H and O–H groups in total. The second kappa shape index (κ2) is 5.87. The van der Waals surface area contributed by atoms with Gasteiger partial charge >= 0.3 is 0 Å². The molecule has 0 amide bonds. The molecule has 0 fully saturated rings. The zero-order chi connectivity index (χ0) is 19.5. The molecule has 27 heavy (non-hydrogen) atoms. The molecule has 1 aliphatic rings. The van der Waals surface area contributed by atoms with Gasteiger partial charge in [-0.2, -0.15) is 0 Å². The number of H-pyrrole nitrogens is 1. The molecular weight excluding hydrogens is 339 g/mol. The first-order valence-corrected chi connectivity index (χ1v) is 9.12. The van der Waals surface area contributed by atoms with Crippen molar-refractivity contribution in [3.05, 3.63) is 53.0 Å². The molecule has 0 spiro atoms. The van der Waals surface area contributed by atoms with Crippen molar-refractivity contribution < 1.29 is 9.50 Å². The second-order valence-corrected chi connectivity index (χ2v) is 7.99. The SMILES string of the molecule is C#Cc1c(-c2cccc3c(C)c[nH]c23)c(F)cc2c1C(C)C(O)C(C)(C)N2. The topological polar surface area (TPSA) is 48.0 Å². The van der Waals surface area contributed by atoms with Crippen LogP contribution in [0, 0.1) is 25.1 Å². The lowest BCUT2D eigenvalue weighted by Gasteiger charge is -2.43.